The molecule has 1 N–H and O–H groups in total. The van der Waals surface area contributed by atoms with Crippen LogP contribution in [0.5, 0.6) is 0 Å². The highest BCUT2D eigenvalue weighted by Gasteiger charge is 2.14. The number of nitrogens with one attached hydrogen (secondary N) is 1. The number of methoxy groups -OCH3 is 1. The minimum absolute atomic E-state index is 0.122. The first-order valence-electron chi connectivity index (χ1n) is 7.10. The summed E-state index contributed by atoms with van der Waals surface area (Å²) in [5.74, 6) is 0.225. The third kappa shape index (κ3) is 5.53. The van der Waals surface area contributed by atoms with Crippen LogP contribution in [0.4, 0.5) is 4.39 Å². The number of hydrogen-bond acceptors (Lipinski definition) is 4. The van der Waals surface area contributed by atoms with E-state index < -0.39 is 0 Å². The lowest BCUT2D eigenvalue weighted by Gasteiger charge is -2.17. The molecule has 1 atom stereocenters. The van der Waals surface area contributed by atoms with E-state index in [2.05, 4.69) is 10.3 Å². The molecule has 2 aromatic rings. The first-order valence-corrected chi connectivity index (χ1v) is 7.98. The zero-order valence-electron chi connectivity index (χ0n) is 12.2. The molecule has 0 bridgehead atoms. The molecule has 0 radical (unpaired) electrons. The zero-order valence-corrected chi connectivity index (χ0v) is 13.0. The smallest absolute Gasteiger partial charge is 0.126 e. The molecule has 0 aliphatic rings. The summed E-state index contributed by atoms with van der Waals surface area (Å²) in [6.07, 6.45) is 3.54. The van der Waals surface area contributed by atoms with E-state index in [0.717, 1.165) is 31.5 Å². The van der Waals surface area contributed by atoms with E-state index in [1.165, 1.54) is 10.9 Å². The van der Waals surface area contributed by atoms with E-state index in [9.17, 15) is 4.39 Å². The van der Waals surface area contributed by atoms with Crippen LogP contribution in [-0.2, 0) is 17.6 Å². The molecule has 0 amide bonds. The molecule has 1 aromatic carbocycles. The van der Waals surface area contributed by atoms with Gasteiger partial charge >= 0.3 is 0 Å². The van der Waals surface area contributed by atoms with E-state index in [1.807, 2.05) is 23.8 Å². The maximum Gasteiger partial charge on any atom is 0.126 e. The molecular weight excluding hydrogens is 287 g/mol. The van der Waals surface area contributed by atoms with E-state index in [4.69, 9.17) is 4.74 Å². The summed E-state index contributed by atoms with van der Waals surface area (Å²) in [5, 5.41) is 3.38. The van der Waals surface area contributed by atoms with Gasteiger partial charge in [0.1, 0.15) is 5.82 Å². The Labute approximate surface area is 129 Å². The second-order valence-electron chi connectivity index (χ2n) is 5.03. The molecule has 1 heterocycles. The maximum absolute atomic E-state index is 13.8. The van der Waals surface area contributed by atoms with Crippen LogP contribution in [0.3, 0.4) is 0 Å². The summed E-state index contributed by atoms with van der Waals surface area (Å²) in [7, 11) is 1.69. The van der Waals surface area contributed by atoms with Crippen LogP contribution in [-0.4, -0.2) is 31.8 Å². The van der Waals surface area contributed by atoms with Gasteiger partial charge in [-0.3, -0.25) is 4.98 Å². The highest BCUT2D eigenvalue weighted by atomic mass is 32.1. The van der Waals surface area contributed by atoms with Gasteiger partial charge in [-0.15, -0.1) is 11.3 Å². The van der Waals surface area contributed by atoms with Crippen LogP contribution >= 0.6 is 11.3 Å². The summed E-state index contributed by atoms with van der Waals surface area (Å²) in [5.41, 5.74) is 2.62. The van der Waals surface area contributed by atoms with Crippen LogP contribution in [0.2, 0.25) is 0 Å². The average molecular weight is 308 g/mol. The molecule has 0 fully saturated rings. The Morgan fingerprint density at radius 2 is 2.19 bits per heavy atom. The molecule has 0 aliphatic heterocycles. The van der Waals surface area contributed by atoms with Crippen LogP contribution < -0.4 is 5.32 Å². The minimum Gasteiger partial charge on any atom is -0.383 e. The van der Waals surface area contributed by atoms with Crippen molar-refractivity contribution in [2.45, 2.75) is 12.8 Å². The summed E-state index contributed by atoms with van der Waals surface area (Å²) in [6, 6.07) is 7.01. The molecule has 114 valence electrons. The fourth-order valence-corrected chi connectivity index (χ4v) is 3.01. The quantitative estimate of drug-likeness (QED) is 0.723. The predicted molar refractivity (Wildman–Crippen MR) is 84.2 cm³/mol. The Bertz CT molecular complexity index is 519. The number of rotatable bonds is 9. The third-order valence-corrected chi connectivity index (χ3v) is 4.16. The van der Waals surface area contributed by atoms with E-state index >= 15 is 0 Å². The molecule has 0 spiro atoms. The molecule has 2 rings (SSSR count). The summed E-state index contributed by atoms with van der Waals surface area (Å²) < 4.78 is 18.9. The number of hydrogen-bond donors (Lipinski definition) is 1. The van der Waals surface area contributed by atoms with Gasteiger partial charge in [0.2, 0.25) is 0 Å². The Morgan fingerprint density at radius 1 is 1.33 bits per heavy atom. The topological polar surface area (TPSA) is 34.1 Å². The number of thiazole rings is 1. The lowest BCUT2D eigenvalue weighted by Crippen LogP contribution is -2.28. The van der Waals surface area contributed by atoms with Crippen molar-refractivity contribution < 1.29 is 9.13 Å². The van der Waals surface area contributed by atoms with Crippen molar-refractivity contribution in [1.29, 1.82) is 0 Å². The molecule has 1 aromatic heterocycles. The van der Waals surface area contributed by atoms with E-state index in [0.29, 0.717) is 12.5 Å². The van der Waals surface area contributed by atoms with E-state index in [1.54, 1.807) is 24.5 Å². The zero-order chi connectivity index (χ0) is 14.9. The molecule has 0 saturated heterocycles. The summed E-state index contributed by atoms with van der Waals surface area (Å²) in [6.45, 7) is 2.34. The number of nitrogens with zero attached hydrogens (tertiary/aromatic N) is 1. The molecule has 0 aliphatic carbocycles. The van der Waals surface area contributed by atoms with E-state index in [-0.39, 0.29) is 5.82 Å². The van der Waals surface area contributed by atoms with Crippen molar-refractivity contribution in [3.8, 4) is 0 Å². The molecular formula is C16H21FN2OS. The van der Waals surface area contributed by atoms with Crippen LogP contribution in [0.15, 0.2) is 36.0 Å². The molecule has 3 nitrogen and oxygen atoms in total. The highest BCUT2D eigenvalue weighted by Crippen LogP contribution is 2.18. The third-order valence-electron chi connectivity index (χ3n) is 3.36. The van der Waals surface area contributed by atoms with Crippen molar-refractivity contribution >= 4 is 11.3 Å². The number of benzene rings is 1. The predicted octanol–water partition coefficient (Wildman–Crippen LogP) is 2.92. The molecule has 5 heteroatoms. The van der Waals surface area contributed by atoms with Gasteiger partial charge in [-0.25, -0.2) is 4.39 Å². The Balaban J connectivity index is 1.95. The summed E-state index contributed by atoms with van der Waals surface area (Å²) >= 11 is 1.65. The first kappa shape index (κ1) is 16.1. The van der Waals surface area contributed by atoms with Gasteiger partial charge < -0.3 is 10.1 Å². The van der Waals surface area contributed by atoms with Gasteiger partial charge in [0.25, 0.3) is 0 Å². The maximum atomic E-state index is 13.8. The number of ether oxygens (including phenoxy) is 1. The lowest BCUT2D eigenvalue weighted by atomic mass is 9.95. The van der Waals surface area contributed by atoms with Crippen LogP contribution in [0.25, 0.3) is 0 Å². The average Bonchev–Trinajstić information content (AvgIpc) is 2.99. The van der Waals surface area contributed by atoms with Gasteiger partial charge in [-0.2, -0.15) is 0 Å². The highest BCUT2D eigenvalue weighted by molar-refractivity contribution is 7.09. The monoisotopic (exact) mass is 308 g/mol. The number of halogens is 1. The summed E-state index contributed by atoms with van der Waals surface area (Å²) in [4.78, 5) is 5.35. The van der Waals surface area contributed by atoms with Crippen LogP contribution in [0.1, 0.15) is 10.4 Å². The molecule has 21 heavy (non-hydrogen) atoms. The molecule has 1 unspecified atom stereocenters. The second-order valence-corrected chi connectivity index (χ2v) is 6.00. The van der Waals surface area contributed by atoms with Gasteiger partial charge in [0, 0.05) is 24.7 Å². The van der Waals surface area contributed by atoms with Crippen LogP contribution in [0, 0.1) is 11.7 Å². The van der Waals surface area contributed by atoms with Crippen molar-refractivity contribution in [2.24, 2.45) is 5.92 Å². The fraction of sp³-hybridized carbons (Fsp3) is 0.438. The second kappa shape index (κ2) is 8.87. The Hall–Kier alpha value is -1.30. The van der Waals surface area contributed by atoms with Crippen molar-refractivity contribution in [3.63, 3.8) is 0 Å². The van der Waals surface area contributed by atoms with Crippen molar-refractivity contribution in [2.75, 3.05) is 26.8 Å². The van der Waals surface area contributed by atoms with Gasteiger partial charge in [0.05, 0.1) is 12.1 Å². The number of aromatic nitrogens is 1. The normalized spacial score (nSPS) is 12.5. The Kier molecular flexibility index (Phi) is 6.79. The standard InChI is InChI=1S/C16H21FN2OS/c1-20-7-6-18-10-13(9-15-11-19-12-21-15)8-14-4-2-3-5-16(14)17/h2-5,11-13,18H,6-10H2,1H3. The first-order chi connectivity index (χ1) is 10.3. The molecule has 0 saturated carbocycles. The van der Waals surface area contributed by atoms with Gasteiger partial charge in [-0.05, 0) is 36.9 Å². The van der Waals surface area contributed by atoms with Crippen molar-refractivity contribution in [1.82, 2.24) is 10.3 Å². The minimum atomic E-state index is -0.122. The Morgan fingerprint density at radius 3 is 2.90 bits per heavy atom. The van der Waals surface area contributed by atoms with Crippen molar-refractivity contribution in [3.05, 3.63) is 52.2 Å². The largest absolute Gasteiger partial charge is 0.383 e. The fourth-order valence-electron chi connectivity index (χ4n) is 2.30. The SMILES string of the molecule is COCCNCC(Cc1cncs1)Cc1ccccc1F. The van der Waals surface area contributed by atoms with Gasteiger partial charge in [0.15, 0.2) is 0 Å². The van der Waals surface area contributed by atoms with Gasteiger partial charge in [-0.1, -0.05) is 18.2 Å². The lowest BCUT2D eigenvalue weighted by molar-refractivity contribution is 0.197.